The van der Waals surface area contributed by atoms with E-state index in [1.807, 2.05) is 0 Å². The number of carbonyl (C=O) groups excluding carboxylic acids is 1. The second-order valence-corrected chi connectivity index (χ2v) is 5.64. The molecule has 2 aromatic rings. The summed E-state index contributed by atoms with van der Waals surface area (Å²) in [5.41, 5.74) is 0.228. The van der Waals surface area contributed by atoms with Gasteiger partial charge in [0.25, 0.3) is 5.92 Å². The van der Waals surface area contributed by atoms with Gasteiger partial charge in [-0.25, -0.2) is 13.8 Å². The molecule has 0 aliphatic heterocycles. The number of anilines is 1. The summed E-state index contributed by atoms with van der Waals surface area (Å²) in [5, 5.41) is 2.47. The summed E-state index contributed by atoms with van der Waals surface area (Å²) in [7, 11) is 0. The monoisotopic (exact) mass is 359 g/mol. The number of hydrogen-bond donors (Lipinski definition) is 1. The lowest BCUT2D eigenvalue weighted by Crippen LogP contribution is -2.17. The number of nitrogens with zero attached hydrogens (tertiary/aromatic N) is 2. The van der Waals surface area contributed by atoms with Crippen LogP contribution in [0.5, 0.6) is 11.6 Å². The molecule has 23 heavy (non-hydrogen) atoms. The second kappa shape index (κ2) is 5.90. The Hall–Kier alpha value is -1.99. The van der Waals surface area contributed by atoms with E-state index < -0.39 is 24.2 Å². The van der Waals surface area contributed by atoms with Crippen molar-refractivity contribution in [1.29, 1.82) is 0 Å². The lowest BCUT2D eigenvalue weighted by molar-refractivity contribution is -0.119. The number of hydrogen-bond acceptors (Lipinski definition) is 4. The van der Waals surface area contributed by atoms with Gasteiger partial charge in [-0.15, -0.1) is 0 Å². The predicted molar refractivity (Wildman–Crippen MR) is 80.3 cm³/mol. The molecule has 0 radical (unpaired) electrons. The smallest absolute Gasteiger partial charge is 0.260 e. The minimum Gasteiger partial charge on any atom is -0.435 e. The van der Waals surface area contributed by atoms with E-state index in [0.29, 0.717) is 0 Å². The zero-order chi connectivity index (χ0) is 16.6. The number of alkyl halides is 2. The number of ether oxygens (including phenoxy) is 1. The Balaban J connectivity index is 1.81. The van der Waals surface area contributed by atoms with Gasteiger partial charge in [-0.1, -0.05) is 23.7 Å². The van der Waals surface area contributed by atoms with Crippen LogP contribution in [0.3, 0.4) is 0 Å². The molecule has 9 heteroatoms. The van der Waals surface area contributed by atoms with Gasteiger partial charge in [-0.2, -0.15) is 4.98 Å². The van der Waals surface area contributed by atoms with Crippen molar-refractivity contribution < 1.29 is 18.3 Å². The summed E-state index contributed by atoms with van der Waals surface area (Å²) in [5.74, 6) is -4.83. The highest BCUT2D eigenvalue weighted by molar-refractivity contribution is 6.32. The molecule has 1 aromatic carbocycles. The van der Waals surface area contributed by atoms with Gasteiger partial charge in [-0.3, -0.25) is 4.79 Å². The summed E-state index contributed by atoms with van der Waals surface area (Å²) >= 11 is 11.6. The van der Waals surface area contributed by atoms with Gasteiger partial charge >= 0.3 is 0 Å². The van der Waals surface area contributed by atoms with Crippen molar-refractivity contribution in [1.82, 2.24) is 9.97 Å². The summed E-state index contributed by atoms with van der Waals surface area (Å²) in [6.07, 6.45) is 0.813. The molecule has 0 unspecified atom stereocenters. The Morgan fingerprint density at radius 3 is 2.74 bits per heavy atom. The molecule has 1 fully saturated rings. The van der Waals surface area contributed by atoms with Crippen LogP contribution in [0, 0.1) is 5.92 Å². The normalized spacial score (nSPS) is 18.3. The Morgan fingerprint density at radius 2 is 2.04 bits per heavy atom. The molecule has 1 amide bonds. The van der Waals surface area contributed by atoms with Crippen LogP contribution in [0.1, 0.15) is 6.42 Å². The standard InChI is InChI=1S/C14H9Cl2F2N3O2/c15-8-6-19-13(16)21-12(8)23-10-4-2-1-3-9(10)20-11(22)7-5-14(7,17)18/h1-4,6-7H,5H2,(H,20,22)/t7-/m0/s1. The van der Waals surface area contributed by atoms with E-state index in [1.165, 1.54) is 18.3 Å². The summed E-state index contributed by atoms with van der Waals surface area (Å²) in [4.78, 5) is 19.3. The fourth-order valence-electron chi connectivity index (χ4n) is 1.88. The van der Waals surface area contributed by atoms with E-state index in [-0.39, 0.29) is 27.6 Å². The lowest BCUT2D eigenvalue weighted by atomic mass is 10.2. The number of nitrogens with one attached hydrogen (secondary N) is 1. The highest BCUT2D eigenvalue weighted by Gasteiger charge is 2.61. The second-order valence-electron chi connectivity index (χ2n) is 4.90. The number of rotatable bonds is 4. The average Bonchev–Trinajstić information content (AvgIpc) is 3.14. The van der Waals surface area contributed by atoms with Gasteiger partial charge in [0.1, 0.15) is 10.9 Å². The Bertz CT molecular complexity index is 773. The van der Waals surface area contributed by atoms with Crippen LogP contribution >= 0.6 is 23.2 Å². The van der Waals surface area contributed by atoms with Crippen LogP contribution in [0.2, 0.25) is 10.3 Å². The van der Waals surface area contributed by atoms with E-state index in [2.05, 4.69) is 15.3 Å². The van der Waals surface area contributed by atoms with E-state index >= 15 is 0 Å². The molecule has 1 N–H and O–H groups in total. The maximum absolute atomic E-state index is 13.0. The fourth-order valence-corrected chi connectivity index (χ4v) is 2.14. The summed E-state index contributed by atoms with van der Waals surface area (Å²) < 4.78 is 31.4. The van der Waals surface area contributed by atoms with Gasteiger partial charge < -0.3 is 10.1 Å². The predicted octanol–water partition coefficient (Wildman–Crippen LogP) is 4.17. The summed E-state index contributed by atoms with van der Waals surface area (Å²) in [6, 6.07) is 6.33. The molecule has 0 saturated heterocycles. The van der Waals surface area contributed by atoms with Gasteiger partial charge in [0.15, 0.2) is 5.75 Å². The number of benzene rings is 1. The number of para-hydroxylation sites is 2. The maximum Gasteiger partial charge on any atom is 0.260 e. The molecule has 1 aliphatic carbocycles. The van der Waals surface area contributed by atoms with Crippen molar-refractivity contribution in [3.05, 3.63) is 40.8 Å². The Morgan fingerprint density at radius 1 is 1.35 bits per heavy atom. The number of amides is 1. The number of carbonyl (C=O) groups is 1. The number of halogens is 4. The largest absolute Gasteiger partial charge is 0.435 e. The van der Waals surface area contributed by atoms with Crippen molar-refractivity contribution >= 4 is 34.8 Å². The molecule has 3 rings (SSSR count). The van der Waals surface area contributed by atoms with Gasteiger partial charge in [0.2, 0.25) is 17.1 Å². The highest BCUT2D eigenvalue weighted by atomic mass is 35.5. The molecule has 1 atom stereocenters. The van der Waals surface area contributed by atoms with Crippen molar-refractivity contribution in [3.8, 4) is 11.6 Å². The van der Waals surface area contributed by atoms with Crippen LogP contribution in [0.15, 0.2) is 30.5 Å². The van der Waals surface area contributed by atoms with Crippen LogP contribution in [-0.4, -0.2) is 21.8 Å². The van der Waals surface area contributed by atoms with Crippen molar-refractivity contribution in [2.75, 3.05) is 5.32 Å². The zero-order valence-electron chi connectivity index (χ0n) is 11.4. The van der Waals surface area contributed by atoms with E-state index in [9.17, 15) is 13.6 Å². The quantitative estimate of drug-likeness (QED) is 0.832. The Labute approximate surface area is 139 Å². The minimum absolute atomic E-state index is 0.00915. The van der Waals surface area contributed by atoms with Gasteiger partial charge in [0, 0.05) is 6.42 Å². The van der Waals surface area contributed by atoms with Crippen LogP contribution in [0.25, 0.3) is 0 Å². The van der Waals surface area contributed by atoms with Crippen molar-refractivity contribution in [3.63, 3.8) is 0 Å². The van der Waals surface area contributed by atoms with Crippen LogP contribution in [-0.2, 0) is 4.79 Å². The highest BCUT2D eigenvalue weighted by Crippen LogP contribution is 2.49. The summed E-state index contributed by atoms with van der Waals surface area (Å²) in [6.45, 7) is 0. The third-order valence-corrected chi connectivity index (χ3v) is 3.62. The van der Waals surface area contributed by atoms with Crippen molar-refractivity contribution in [2.45, 2.75) is 12.3 Å². The molecular formula is C14H9Cl2F2N3O2. The lowest BCUT2D eigenvalue weighted by Gasteiger charge is -2.12. The Kier molecular flexibility index (Phi) is 4.08. The molecule has 5 nitrogen and oxygen atoms in total. The first-order valence-electron chi connectivity index (χ1n) is 6.50. The molecule has 1 heterocycles. The topological polar surface area (TPSA) is 64.1 Å². The van der Waals surface area contributed by atoms with E-state index in [0.717, 1.165) is 0 Å². The van der Waals surface area contributed by atoms with Crippen LogP contribution in [0.4, 0.5) is 14.5 Å². The molecule has 0 bridgehead atoms. The first kappa shape index (κ1) is 15.9. The third-order valence-electron chi connectivity index (χ3n) is 3.18. The molecule has 0 spiro atoms. The van der Waals surface area contributed by atoms with Crippen molar-refractivity contribution in [2.24, 2.45) is 5.92 Å². The third kappa shape index (κ3) is 3.51. The SMILES string of the molecule is O=C(Nc1ccccc1Oc1nc(Cl)ncc1Cl)[C@@H]1CC1(F)F. The zero-order valence-corrected chi connectivity index (χ0v) is 12.9. The fraction of sp³-hybridized carbons (Fsp3) is 0.214. The maximum atomic E-state index is 13.0. The van der Waals surface area contributed by atoms with E-state index in [4.69, 9.17) is 27.9 Å². The molecule has 120 valence electrons. The van der Waals surface area contributed by atoms with Gasteiger partial charge in [0.05, 0.1) is 11.9 Å². The molecule has 1 aromatic heterocycles. The average molecular weight is 360 g/mol. The molecular weight excluding hydrogens is 351 g/mol. The minimum atomic E-state index is -2.94. The van der Waals surface area contributed by atoms with Crippen LogP contribution < -0.4 is 10.1 Å². The first-order valence-corrected chi connectivity index (χ1v) is 7.26. The molecule has 1 saturated carbocycles. The molecule has 1 aliphatic rings. The first-order chi connectivity index (χ1) is 10.9. The van der Waals surface area contributed by atoms with Gasteiger partial charge in [-0.05, 0) is 23.7 Å². The number of aromatic nitrogens is 2. The van der Waals surface area contributed by atoms with E-state index in [1.54, 1.807) is 12.1 Å².